The van der Waals surface area contributed by atoms with Gasteiger partial charge in [-0.15, -0.1) is 0 Å². The Bertz CT molecular complexity index is 5220. The quantitative estimate of drug-likeness (QED) is 0.00434. The predicted molar refractivity (Wildman–Crippen MR) is 504 cm³/mol. The highest BCUT2D eigenvalue weighted by Gasteiger charge is 2.31. The SMILES string of the molecule is CC(C)(C)OC(=O)N[C@H](CC(=O)O)Cc1ccc(OCc2ccccc2)cc1.CC(C)(C)OC(=O)N[C@H](CCO)Cc1ccc(OCc2ccccc2)cc1.CC(C)Oc1ccc(C(=O)Oc2c(F)c(F)c(F)c(F)c2F)cc1C#N.COC(=O)C[C@H](Cc1ccc(OCc2ccccc2)cc1)NC(=O)OC(C)(C)C.N[C@H](CCO)Cc1ccc(O)cc1.N[C@H](CCO)Cc1ccc(O)cc1. The molecule has 0 saturated carbocycles. The maximum Gasteiger partial charge on any atom is 0.407 e. The van der Waals surface area contributed by atoms with Crippen molar-refractivity contribution >= 4 is 36.2 Å². The van der Waals surface area contributed by atoms with Crippen molar-refractivity contribution in [2.45, 2.75) is 213 Å². The van der Waals surface area contributed by atoms with E-state index in [4.69, 9.17) is 80.2 Å². The Morgan fingerprint density at radius 3 is 1.04 bits per heavy atom. The van der Waals surface area contributed by atoms with Gasteiger partial charge in [0, 0.05) is 50.0 Å². The van der Waals surface area contributed by atoms with Gasteiger partial charge in [-0.2, -0.15) is 14.0 Å². The minimum Gasteiger partial charge on any atom is -0.508 e. The Labute approximate surface area is 790 Å². The van der Waals surface area contributed by atoms with Gasteiger partial charge in [-0.3, -0.25) is 9.59 Å². The number of aliphatic carboxylic acids is 1. The second-order valence-electron chi connectivity index (χ2n) is 34.4. The molecule has 10 rings (SSSR count). The molecule has 0 aliphatic heterocycles. The van der Waals surface area contributed by atoms with Gasteiger partial charge in [0.25, 0.3) is 0 Å². The molecule has 0 heterocycles. The standard InChI is InChI=1S/C23H29NO5.C22H27NO5.C22H29NO4.C17H10F5NO3.2C10H15NO2/c1-23(2,3)29-22(26)24-19(15-21(25)27-4)14-17-10-12-20(13-11-17)28-16-18-8-6-5-7-9-18;1-22(2,3)28-21(26)23-18(14-20(24)25)13-16-9-11-19(12-10-16)27-15-17-7-5-4-6-8-17;1-22(2,3)27-21(25)23-19(13-14-24)15-17-9-11-20(12-10-17)26-16-18-7-5-4-6-8-18;1-7(2)25-10-4-3-8(5-9(10)6-23)17(24)26-16-14(21)12(19)11(18)13(20)15(16)22;2*11-9(5-6-12)7-8-1-3-10(13)4-2-8/h5-13,19H,14-16H2,1-4H3,(H,24,26);4-12,18H,13-15H2,1-3H3,(H,23,26)(H,24,25);4-12,19,24H,13-16H2,1-3H3,(H,23,25);3-5,7H,1-2H3;2*1-4,9,12-13H,5-7,11H2/t19-;18-;19-;;2*9-/m001.11/s1. The van der Waals surface area contributed by atoms with Crippen molar-refractivity contribution in [1.82, 2.24) is 16.0 Å². The number of esters is 2. The maximum atomic E-state index is 13.6. The Hall–Kier alpha value is -13.8. The molecule has 136 heavy (non-hydrogen) atoms. The van der Waals surface area contributed by atoms with Crippen molar-refractivity contribution in [2.75, 3.05) is 26.9 Å². The molecule has 3 amide bonds. The van der Waals surface area contributed by atoms with E-state index in [2.05, 4.69) is 20.7 Å². The number of amides is 3. The Morgan fingerprint density at radius 2 is 0.728 bits per heavy atom. The Balaban J connectivity index is 0.000000295. The molecule has 0 spiro atoms. The summed E-state index contributed by atoms with van der Waals surface area (Å²) >= 11 is 0. The largest absolute Gasteiger partial charge is 0.508 e. The van der Waals surface area contributed by atoms with Gasteiger partial charge in [-0.25, -0.2) is 32.3 Å². The zero-order valence-electron chi connectivity index (χ0n) is 78.5. The van der Waals surface area contributed by atoms with E-state index in [0.717, 1.165) is 86.7 Å². The minimum atomic E-state index is -2.37. The molecule has 27 nitrogen and oxygen atoms in total. The molecule has 0 aromatic heterocycles. The van der Waals surface area contributed by atoms with Crippen LogP contribution in [0.2, 0.25) is 0 Å². The van der Waals surface area contributed by atoms with Crippen LogP contribution in [0.25, 0.3) is 0 Å². The van der Waals surface area contributed by atoms with Crippen molar-refractivity contribution in [3.8, 4) is 46.3 Å². The number of carboxylic acids is 1. The molecule has 10 aromatic carbocycles. The lowest BCUT2D eigenvalue weighted by Gasteiger charge is -2.23. The van der Waals surface area contributed by atoms with Crippen LogP contribution in [0, 0.1) is 40.4 Å². The fourth-order valence-electron chi connectivity index (χ4n) is 12.2. The maximum absolute atomic E-state index is 13.6. The number of nitrogens with zero attached hydrogens (tertiary/aromatic N) is 1. The van der Waals surface area contributed by atoms with Crippen LogP contribution in [0.15, 0.2) is 231 Å². The highest BCUT2D eigenvalue weighted by molar-refractivity contribution is 5.92. The zero-order valence-corrected chi connectivity index (χ0v) is 78.5. The number of rotatable bonds is 36. The van der Waals surface area contributed by atoms with Crippen LogP contribution >= 0.6 is 0 Å². The summed E-state index contributed by atoms with van der Waals surface area (Å²) in [5.41, 5.74) is 17.6. The summed E-state index contributed by atoms with van der Waals surface area (Å²) in [4.78, 5) is 70.9. The molecule has 0 radical (unpaired) electrons. The summed E-state index contributed by atoms with van der Waals surface area (Å²) in [5, 5.41) is 71.0. The number of nitrogens with two attached hydrogens (primary N) is 2. The topological polar surface area (TPSA) is 419 Å². The number of nitriles is 1. The number of aromatic hydroxyl groups is 2. The molecular formula is C104H125F5N6O21. The molecular weight excluding hydrogens is 1760 g/mol. The van der Waals surface area contributed by atoms with Gasteiger partial charge in [0.15, 0.2) is 0 Å². The van der Waals surface area contributed by atoms with E-state index in [1.54, 1.807) is 85.7 Å². The lowest BCUT2D eigenvalue weighted by Crippen LogP contribution is -2.41. The average Bonchev–Trinajstić information content (AvgIpc) is 0.788. The number of methoxy groups -OCH3 is 1. The normalized spacial score (nSPS) is 12.0. The van der Waals surface area contributed by atoms with Gasteiger partial charge < -0.3 is 101 Å². The number of carboxylic acid groups (broad SMARTS) is 1. The van der Waals surface area contributed by atoms with Gasteiger partial charge in [-0.1, -0.05) is 152 Å². The summed E-state index contributed by atoms with van der Waals surface area (Å²) in [7, 11) is 1.33. The monoisotopic (exact) mass is 1890 g/mol. The van der Waals surface area contributed by atoms with Gasteiger partial charge >= 0.3 is 36.2 Å². The van der Waals surface area contributed by atoms with E-state index < -0.39 is 99.9 Å². The molecule has 732 valence electrons. The third kappa shape index (κ3) is 46.2. The van der Waals surface area contributed by atoms with Crippen LogP contribution in [0.3, 0.4) is 0 Å². The Morgan fingerprint density at radius 1 is 0.412 bits per heavy atom. The second-order valence-corrected chi connectivity index (χ2v) is 34.4. The number of halogens is 5. The third-order valence-electron chi connectivity index (χ3n) is 18.6. The summed E-state index contributed by atoms with van der Waals surface area (Å²) in [6, 6.07) is 70.4. The molecule has 0 bridgehead atoms. The van der Waals surface area contributed by atoms with Gasteiger partial charge in [0.05, 0.1) is 37.2 Å². The van der Waals surface area contributed by atoms with Crippen molar-refractivity contribution in [1.29, 1.82) is 5.26 Å². The van der Waals surface area contributed by atoms with Gasteiger partial charge in [0.1, 0.15) is 77.2 Å². The third-order valence-corrected chi connectivity index (χ3v) is 18.6. The van der Waals surface area contributed by atoms with Crippen molar-refractivity contribution in [3.63, 3.8) is 0 Å². The molecule has 10 aromatic rings. The fourth-order valence-corrected chi connectivity index (χ4v) is 12.2. The van der Waals surface area contributed by atoms with Crippen LogP contribution in [0.1, 0.15) is 169 Å². The number of aliphatic hydroxyl groups is 3. The number of phenols is 2. The first-order chi connectivity index (χ1) is 64.4. The average molecular weight is 1890 g/mol. The number of carbonyl (C=O) groups is 6. The molecule has 0 aliphatic rings. The number of benzene rings is 10. The van der Waals surface area contributed by atoms with Crippen LogP contribution in [-0.4, -0.2) is 147 Å². The van der Waals surface area contributed by atoms with Crippen molar-refractivity contribution in [3.05, 3.63) is 315 Å². The van der Waals surface area contributed by atoms with E-state index in [9.17, 15) is 55.8 Å². The number of ether oxygens (including phenoxy) is 9. The number of phenolic OH excluding ortho intramolecular Hbond substituents is 2. The summed E-state index contributed by atoms with van der Waals surface area (Å²) in [6.45, 7) is 21.2. The molecule has 0 aliphatic carbocycles. The van der Waals surface area contributed by atoms with E-state index in [1.807, 2.05) is 209 Å². The lowest BCUT2D eigenvalue weighted by molar-refractivity contribution is -0.141. The van der Waals surface area contributed by atoms with E-state index in [-0.39, 0.29) is 85.3 Å². The Kier molecular flexibility index (Phi) is 48.3. The molecule has 0 saturated heterocycles. The molecule has 0 unspecified atom stereocenters. The van der Waals surface area contributed by atoms with Gasteiger partial charge in [0.2, 0.25) is 34.8 Å². The van der Waals surface area contributed by atoms with Crippen LogP contribution in [0.4, 0.5) is 36.3 Å². The summed E-state index contributed by atoms with van der Waals surface area (Å²) < 4.78 is 114. The lowest BCUT2D eigenvalue weighted by atomic mass is 10.0. The summed E-state index contributed by atoms with van der Waals surface area (Å²) in [6.07, 6.45) is 2.56. The molecule has 0 fully saturated rings. The molecule has 5 atom stereocenters. The van der Waals surface area contributed by atoms with Crippen molar-refractivity contribution in [2.24, 2.45) is 11.5 Å². The fraction of sp³-hybridized carbons (Fsp3) is 0.356. The predicted octanol–water partition coefficient (Wildman–Crippen LogP) is 18.1. The van der Waals surface area contributed by atoms with E-state index >= 15 is 0 Å². The summed E-state index contributed by atoms with van der Waals surface area (Å²) in [5.74, 6) is -13.0. The van der Waals surface area contributed by atoms with E-state index in [0.29, 0.717) is 58.3 Å². The van der Waals surface area contributed by atoms with Crippen molar-refractivity contribution < 1.29 is 124 Å². The number of nitrogens with one attached hydrogen (secondary N) is 3. The minimum absolute atomic E-state index is 0.00126. The highest BCUT2D eigenvalue weighted by atomic mass is 19.2. The van der Waals surface area contributed by atoms with Crippen LogP contribution in [0.5, 0.6) is 40.2 Å². The van der Waals surface area contributed by atoms with Crippen LogP contribution < -0.4 is 51.1 Å². The van der Waals surface area contributed by atoms with Gasteiger partial charge in [-0.05, 0) is 251 Å². The number of hydrogen-bond acceptors (Lipinski definition) is 23. The zero-order chi connectivity index (χ0) is 101. The number of carbonyl (C=O) groups excluding carboxylic acids is 5. The molecule has 32 heteroatoms. The highest BCUT2D eigenvalue weighted by Crippen LogP contribution is 2.32. The second kappa shape index (κ2) is 58.3. The van der Waals surface area contributed by atoms with Crippen LogP contribution in [-0.2, 0) is 80.5 Å². The smallest absolute Gasteiger partial charge is 0.407 e. The first kappa shape index (κ1) is 113. The first-order valence-electron chi connectivity index (χ1n) is 43.8. The van der Waals surface area contributed by atoms with E-state index in [1.165, 1.54) is 13.2 Å². The number of aliphatic hydroxyl groups excluding tert-OH is 3. The number of hydrogen-bond donors (Lipinski definition) is 11. The molecule has 13 N–H and O–H groups in total. The number of alkyl carbamates (subject to hydrolysis) is 3. The first-order valence-corrected chi connectivity index (χ1v) is 43.8.